The van der Waals surface area contributed by atoms with Gasteiger partial charge in [-0.25, -0.2) is 0 Å². The molecule has 0 saturated carbocycles. The smallest absolute Gasteiger partial charge is 0.244 e. The third kappa shape index (κ3) is 4.03. The minimum absolute atomic E-state index is 0.0747. The normalized spacial score (nSPS) is 10.7. The van der Waals surface area contributed by atoms with Gasteiger partial charge in [-0.05, 0) is 24.3 Å². The van der Waals surface area contributed by atoms with Gasteiger partial charge in [-0.2, -0.15) is 0 Å². The number of anilines is 1. The number of carbonyl (C=O) groups is 3. The number of benzene rings is 1. The maximum absolute atomic E-state index is 12.5. The minimum atomic E-state index is -0.596. The predicted octanol–water partition coefficient (Wildman–Crippen LogP) is 1.47. The summed E-state index contributed by atoms with van der Waals surface area (Å²) in [5.41, 5.74) is 7.26. The number of hydrogen-bond donors (Lipinski definition) is 2. The Balaban J connectivity index is 1.94. The van der Waals surface area contributed by atoms with Crippen molar-refractivity contribution in [2.45, 2.75) is 0 Å². The summed E-state index contributed by atoms with van der Waals surface area (Å²) in [6.45, 7) is -0.741. The van der Waals surface area contributed by atoms with E-state index in [0.29, 0.717) is 16.6 Å². The zero-order valence-corrected chi connectivity index (χ0v) is 16.3. The molecule has 138 valence electrons. The van der Waals surface area contributed by atoms with Crippen molar-refractivity contribution in [3.05, 3.63) is 42.7 Å². The van der Waals surface area contributed by atoms with Crippen LogP contribution >= 0.6 is 22.6 Å². The predicted molar refractivity (Wildman–Crippen MR) is 110 cm³/mol. The molecular weight excluding hydrogens is 461 g/mol. The van der Waals surface area contributed by atoms with Crippen molar-refractivity contribution in [2.24, 2.45) is 5.73 Å². The van der Waals surface area contributed by atoms with Crippen LogP contribution in [-0.4, -0.2) is 50.1 Å². The average molecular weight is 477 g/mol. The van der Waals surface area contributed by atoms with Crippen LogP contribution in [0, 0.1) is 0 Å². The van der Waals surface area contributed by atoms with Crippen LogP contribution in [0.4, 0.5) is 5.69 Å². The second kappa shape index (κ2) is 8.35. The van der Waals surface area contributed by atoms with Gasteiger partial charge in [0.15, 0.2) is 0 Å². The van der Waals surface area contributed by atoms with Gasteiger partial charge in [-0.3, -0.25) is 29.3 Å². The highest BCUT2D eigenvalue weighted by Crippen LogP contribution is 2.29. The quantitative estimate of drug-likeness (QED) is 0.327. The molecule has 2 heterocycles. The van der Waals surface area contributed by atoms with Crippen molar-refractivity contribution in [3.63, 3.8) is 0 Å². The summed E-state index contributed by atoms with van der Waals surface area (Å²) < 4.78 is 0.0747. The van der Waals surface area contributed by atoms with E-state index in [9.17, 15) is 14.4 Å². The van der Waals surface area contributed by atoms with E-state index in [1.165, 1.54) is 0 Å². The number of hydrogen-bond acceptors (Lipinski definition) is 6. The van der Waals surface area contributed by atoms with Crippen LogP contribution in [0.3, 0.4) is 0 Å². The summed E-state index contributed by atoms with van der Waals surface area (Å²) >= 11 is 1.84. The molecule has 0 unspecified atom stereocenters. The molecule has 27 heavy (non-hydrogen) atoms. The summed E-state index contributed by atoms with van der Waals surface area (Å²) in [4.78, 5) is 45.9. The van der Waals surface area contributed by atoms with E-state index in [2.05, 4.69) is 15.3 Å². The lowest BCUT2D eigenvalue weighted by Gasteiger charge is -2.19. The number of nitrogens with two attached hydrogens (primary N) is 1. The summed E-state index contributed by atoms with van der Waals surface area (Å²) in [6, 6.07) is 9.04. The van der Waals surface area contributed by atoms with E-state index in [-0.39, 0.29) is 11.0 Å². The van der Waals surface area contributed by atoms with Gasteiger partial charge < -0.3 is 11.1 Å². The second-order valence-corrected chi connectivity index (χ2v) is 6.42. The molecule has 3 amide bonds. The Bertz CT molecular complexity index is 1020. The molecule has 0 aliphatic carbocycles. The first kappa shape index (κ1) is 19.1. The van der Waals surface area contributed by atoms with Crippen LogP contribution < -0.4 is 11.1 Å². The highest BCUT2D eigenvalue weighted by molar-refractivity contribution is 14.1. The molecule has 9 heteroatoms. The van der Waals surface area contributed by atoms with Crippen LogP contribution in [-0.2, 0) is 14.4 Å². The van der Waals surface area contributed by atoms with Crippen molar-refractivity contribution in [1.82, 2.24) is 14.9 Å². The molecule has 0 bridgehead atoms. The Morgan fingerprint density at radius 3 is 2.48 bits per heavy atom. The molecular formula is C18H16IN5O3. The van der Waals surface area contributed by atoms with Crippen molar-refractivity contribution < 1.29 is 14.4 Å². The third-order valence-corrected chi connectivity index (χ3v) is 4.58. The molecule has 3 N–H and O–H groups in total. The zero-order valence-electron chi connectivity index (χ0n) is 14.2. The van der Waals surface area contributed by atoms with Crippen LogP contribution in [0.1, 0.15) is 0 Å². The third-order valence-electron chi connectivity index (χ3n) is 3.93. The zero-order chi connectivity index (χ0) is 19.4. The van der Waals surface area contributed by atoms with Crippen LogP contribution in [0.2, 0.25) is 0 Å². The number of imide groups is 1. The van der Waals surface area contributed by atoms with Gasteiger partial charge >= 0.3 is 0 Å². The van der Waals surface area contributed by atoms with Gasteiger partial charge in [-0.15, -0.1) is 0 Å². The minimum Gasteiger partial charge on any atom is -0.324 e. The van der Waals surface area contributed by atoms with Crippen LogP contribution in [0.15, 0.2) is 42.7 Å². The summed E-state index contributed by atoms with van der Waals surface area (Å²) in [6.07, 6.45) is 3.34. The fraction of sp³-hybridized carbons (Fsp3) is 0.167. The summed E-state index contributed by atoms with van der Waals surface area (Å²) in [5, 5.41) is 4.30. The van der Waals surface area contributed by atoms with Gasteiger partial charge in [0.1, 0.15) is 6.54 Å². The molecule has 0 fully saturated rings. The first-order valence-electron chi connectivity index (χ1n) is 8.06. The topological polar surface area (TPSA) is 118 Å². The standard InChI is InChI=1S/C18H16IN5O3/c19-8-15(26)24(16(27)9-20)10-14(25)23-13-7-11-3-1-5-21-17(11)18-12(13)4-2-6-22-18/h1-7H,8-10,20H2,(H,23,25). The van der Waals surface area contributed by atoms with Crippen molar-refractivity contribution in [3.8, 4) is 0 Å². The fourth-order valence-corrected chi connectivity index (χ4v) is 3.12. The largest absolute Gasteiger partial charge is 0.324 e. The fourth-order valence-electron chi connectivity index (χ4n) is 2.71. The number of amides is 3. The Labute approximate surface area is 168 Å². The van der Waals surface area contributed by atoms with E-state index in [4.69, 9.17) is 5.73 Å². The number of nitrogens with one attached hydrogen (secondary N) is 1. The number of aromatic nitrogens is 2. The maximum atomic E-state index is 12.5. The molecule has 3 aromatic rings. The number of carbonyl (C=O) groups excluding carboxylic acids is 3. The highest BCUT2D eigenvalue weighted by Gasteiger charge is 2.22. The molecule has 8 nitrogen and oxygen atoms in total. The van der Waals surface area contributed by atoms with E-state index in [1.54, 1.807) is 30.6 Å². The van der Waals surface area contributed by atoms with Crippen molar-refractivity contribution in [2.75, 3.05) is 22.8 Å². The Morgan fingerprint density at radius 1 is 1.07 bits per heavy atom. The molecule has 3 rings (SSSR count). The highest BCUT2D eigenvalue weighted by atomic mass is 127. The molecule has 0 atom stereocenters. The summed E-state index contributed by atoms with van der Waals surface area (Å²) in [7, 11) is 0. The van der Waals surface area contributed by atoms with Gasteiger partial charge in [0, 0.05) is 23.2 Å². The SMILES string of the molecule is NCC(=O)N(CC(=O)Nc1cc2cccnc2c2ncccc12)C(=O)CI. The van der Waals surface area contributed by atoms with E-state index < -0.39 is 24.3 Å². The Kier molecular flexibility index (Phi) is 5.91. The van der Waals surface area contributed by atoms with Crippen LogP contribution in [0.5, 0.6) is 0 Å². The Hall–Kier alpha value is -2.66. The van der Waals surface area contributed by atoms with E-state index >= 15 is 0 Å². The van der Waals surface area contributed by atoms with E-state index in [1.807, 2.05) is 34.7 Å². The maximum Gasteiger partial charge on any atom is 0.244 e. The molecule has 0 aliphatic heterocycles. The monoisotopic (exact) mass is 477 g/mol. The Morgan fingerprint density at radius 2 is 1.78 bits per heavy atom. The number of rotatable bonds is 5. The number of nitrogens with zero attached hydrogens (tertiary/aromatic N) is 3. The molecule has 0 spiro atoms. The lowest BCUT2D eigenvalue weighted by Crippen LogP contribution is -2.45. The van der Waals surface area contributed by atoms with Gasteiger partial charge in [0.2, 0.25) is 17.7 Å². The number of fused-ring (bicyclic) bond motifs is 3. The molecule has 0 aliphatic rings. The first-order valence-corrected chi connectivity index (χ1v) is 9.59. The van der Waals surface area contributed by atoms with Crippen molar-refractivity contribution in [1.29, 1.82) is 0 Å². The first-order chi connectivity index (χ1) is 13.0. The van der Waals surface area contributed by atoms with Gasteiger partial charge in [-0.1, -0.05) is 28.7 Å². The average Bonchev–Trinajstić information content (AvgIpc) is 2.71. The second-order valence-electron chi connectivity index (χ2n) is 5.66. The van der Waals surface area contributed by atoms with Crippen LogP contribution in [0.25, 0.3) is 21.8 Å². The van der Waals surface area contributed by atoms with E-state index in [0.717, 1.165) is 15.8 Å². The van der Waals surface area contributed by atoms with Gasteiger partial charge in [0.25, 0.3) is 0 Å². The number of halogens is 1. The van der Waals surface area contributed by atoms with Crippen molar-refractivity contribution >= 4 is 67.8 Å². The van der Waals surface area contributed by atoms with Gasteiger partial charge in [0.05, 0.1) is 27.7 Å². The molecule has 1 aromatic carbocycles. The molecule has 0 saturated heterocycles. The number of alkyl halides is 1. The lowest BCUT2D eigenvalue weighted by molar-refractivity contribution is -0.144. The number of pyridine rings is 2. The lowest BCUT2D eigenvalue weighted by atomic mass is 10.1. The molecule has 0 radical (unpaired) electrons. The molecule has 2 aromatic heterocycles. The summed E-state index contributed by atoms with van der Waals surface area (Å²) in [5.74, 6) is -1.56.